The van der Waals surface area contributed by atoms with Crippen molar-refractivity contribution in [2.75, 3.05) is 23.4 Å². The van der Waals surface area contributed by atoms with Crippen LogP contribution in [-0.2, 0) is 23.9 Å². The standard InChI is InChI=1S/C25H21N5O8/c1-13(31)37-20(23(33)26-16-5-2-14(3-6-16)22-28-25(35)38-29-22)21-24(34)30(10-11-36-21)17-7-8-18-15(12-17)4-9-19(32)27-18/h2-9,12,20-21H,10-11H2,1H3,(H,26,33)(H,27,32)(H,28,29,35)/t20-,21-/m1/s1. The van der Waals surface area contributed by atoms with Gasteiger partial charge in [-0.15, -0.1) is 0 Å². The average molecular weight is 519 g/mol. The topological polar surface area (TPSA) is 177 Å². The summed E-state index contributed by atoms with van der Waals surface area (Å²) in [5, 5.41) is 6.93. The summed E-state index contributed by atoms with van der Waals surface area (Å²) in [6.45, 7) is 1.43. The number of hydrogen-bond acceptors (Lipinski definition) is 9. The molecule has 0 saturated carbocycles. The maximum atomic E-state index is 13.4. The smallest absolute Gasteiger partial charge is 0.439 e. The summed E-state index contributed by atoms with van der Waals surface area (Å²) < 4.78 is 15.3. The van der Waals surface area contributed by atoms with Crippen molar-refractivity contribution in [3.63, 3.8) is 0 Å². The van der Waals surface area contributed by atoms with E-state index >= 15 is 0 Å². The van der Waals surface area contributed by atoms with E-state index in [1.807, 2.05) is 0 Å². The largest absolute Gasteiger partial charge is 0.449 e. The minimum atomic E-state index is -1.56. The van der Waals surface area contributed by atoms with Gasteiger partial charge in [0.05, 0.1) is 6.61 Å². The van der Waals surface area contributed by atoms with Gasteiger partial charge in [-0.25, -0.2) is 4.79 Å². The van der Waals surface area contributed by atoms with Crippen LogP contribution in [0.2, 0.25) is 0 Å². The summed E-state index contributed by atoms with van der Waals surface area (Å²) in [5.41, 5.74) is 1.77. The van der Waals surface area contributed by atoms with E-state index < -0.39 is 35.7 Å². The van der Waals surface area contributed by atoms with Crippen molar-refractivity contribution in [1.82, 2.24) is 15.1 Å². The number of carbonyl (C=O) groups excluding carboxylic acids is 3. The van der Waals surface area contributed by atoms with Gasteiger partial charge in [0.1, 0.15) is 0 Å². The fourth-order valence-corrected chi connectivity index (χ4v) is 4.10. The van der Waals surface area contributed by atoms with Crippen molar-refractivity contribution in [2.24, 2.45) is 0 Å². The van der Waals surface area contributed by atoms with E-state index in [-0.39, 0.29) is 24.5 Å². The summed E-state index contributed by atoms with van der Waals surface area (Å²) in [6, 6.07) is 14.4. The van der Waals surface area contributed by atoms with Crippen LogP contribution in [0.5, 0.6) is 0 Å². The van der Waals surface area contributed by atoms with Crippen LogP contribution in [0.4, 0.5) is 11.4 Å². The van der Waals surface area contributed by atoms with Gasteiger partial charge >= 0.3 is 11.7 Å². The molecule has 1 fully saturated rings. The zero-order valence-electron chi connectivity index (χ0n) is 19.9. The highest BCUT2D eigenvalue weighted by Crippen LogP contribution is 2.25. The van der Waals surface area contributed by atoms with Crippen molar-refractivity contribution >= 4 is 40.1 Å². The molecule has 1 saturated heterocycles. The first-order valence-electron chi connectivity index (χ1n) is 11.5. The van der Waals surface area contributed by atoms with Gasteiger partial charge in [-0.3, -0.25) is 28.7 Å². The molecule has 13 heteroatoms. The molecule has 0 aliphatic carbocycles. The van der Waals surface area contributed by atoms with Gasteiger partial charge in [0.25, 0.3) is 11.8 Å². The number of amides is 2. The maximum absolute atomic E-state index is 13.4. The minimum absolute atomic E-state index is 0.0930. The number of anilines is 2. The summed E-state index contributed by atoms with van der Waals surface area (Å²) in [7, 11) is 0. The van der Waals surface area contributed by atoms with Crippen molar-refractivity contribution in [1.29, 1.82) is 0 Å². The van der Waals surface area contributed by atoms with Gasteiger partial charge in [0.15, 0.2) is 11.9 Å². The van der Waals surface area contributed by atoms with E-state index in [0.717, 1.165) is 6.92 Å². The summed E-state index contributed by atoms with van der Waals surface area (Å²) in [5.74, 6) is -2.58. The molecular formula is C25H21N5O8. The lowest BCUT2D eigenvalue weighted by Crippen LogP contribution is -2.56. The van der Waals surface area contributed by atoms with E-state index in [9.17, 15) is 24.0 Å². The molecule has 38 heavy (non-hydrogen) atoms. The molecule has 1 aliphatic heterocycles. The van der Waals surface area contributed by atoms with E-state index in [4.69, 9.17) is 9.47 Å². The second kappa shape index (κ2) is 10.1. The Morgan fingerprint density at radius 2 is 1.87 bits per heavy atom. The third-order valence-electron chi connectivity index (χ3n) is 5.83. The summed E-state index contributed by atoms with van der Waals surface area (Å²) in [4.78, 5) is 67.7. The highest BCUT2D eigenvalue weighted by atomic mass is 16.6. The van der Waals surface area contributed by atoms with Crippen LogP contribution in [-0.4, -0.2) is 58.3 Å². The molecule has 2 aromatic heterocycles. The normalized spacial score (nSPS) is 16.3. The molecule has 2 aromatic carbocycles. The predicted octanol–water partition coefficient (Wildman–Crippen LogP) is 1.17. The van der Waals surface area contributed by atoms with Gasteiger partial charge < -0.3 is 24.7 Å². The van der Waals surface area contributed by atoms with Crippen LogP contribution in [0.3, 0.4) is 0 Å². The molecule has 3 N–H and O–H groups in total. The lowest BCUT2D eigenvalue weighted by atomic mass is 10.1. The van der Waals surface area contributed by atoms with Crippen LogP contribution in [0, 0.1) is 0 Å². The van der Waals surface area contributed by atoms with Gasteiger partial charge in [-0.2, -0.15) is 0 Å². The Hall–Kier alpha value is -5.04. The number of benzene rings is 2. The molecule has 3 heterocycles. The number of ether oxygens (including phenoxy) is 2. The van der Waals surface area contributed by atoms with E-state index in [2.05, 4.69) is 25.0 Å². The summed E-state index contributed by atoms with van der Waals surface area (Å²) in [6.07, 6.45) is -2.95. The molecule has 0 radical (unpaired) electrons. The number of morpholine rings is 1. The number of aromatic amines is 2. The highest BCUT2D eigenvalue weighted by Gasteiger charge is 2.42. The lowest BCUT2D eigenvalue weighted by Gasteiger charge is -2.35. The average Bonchev–Trinajstić information content (AvgIpc) is 3.34. The molecule has 2 amide bonds. The van der Waals surface area contributed by atoms with Gasteiger partial charge in [0.2, 0.25) is 11.7 Å². The van der Waals surface area contributed by atoms with Crippen LogP contribution in [0.1, 0.15) is 6.92 Å². The van der Waals surface area contributed by atoms with Gasteiger partial charge in [0, 0.05) is 47.4 Å². The van der Waals surface area contributed by atoms with Gasteiger partial charge in [-0.05, 0) is 48.5 Å². The lowest BCUT2D eigenvalue weighted by molar-refractivity contribution is -0.167. The Kier molecular flexibility index (Phi) is 6.58. The summed E-state index contributed by atoms with van der Waals surface area (Å²) >= 11 is 0. The predicted molar refractivity (Wildman–Crippen MR) is 133 cm³/mol. The minimum Gasteiger partial charge on any atom is -0.449 e. The zero-order chi connectivity index (χ0) is 26.8. The van der Waals surface area contributed by atoms with Crippen molar-refractivity contribution in [3.8, 4) is 11.4 Å². The van der Waals surface area contributed by atoms with Crippen LogP contribution in [0.25, 0.3) is 22.3 Å². The number of nitrogens with one attached hydrogen (secondary N) is 3. The third kappa shape index (κ3) is 5.08. The fourth-order valence-electron chi connectivity index (χ4n) is 4.10. The van der Waals surface area contributed by atoms with E-state index in [1.54, 1.807) is 48.5 Å². The first-order chi connectivity index (χ1) is 18.3. The SMILES string of the molecule is CC(=O)O[C@@H](C(=O)Nc1ccc(-c2noc(=O)[nH]2)cc1)[C@H]1OCCN(c2ccc3[nH]c(=O)ccc3c2)C1=O. The Labute approximate surface area is 213 Å². The number of pyridine rings is 1. The molecule has 0 unspecified atom stereocenters. The number of aromatic nitrogens is 3. The second-order valence-electron chi connectivity index (χ2n) is 8.42. The maximum Gasteiger partial charge on any atom is 0.439 e. The number of carbonyl (C=O) groups is 3. The number of hydrogen-bond donors (Lipinski definition) is 3. The number of nitrogens with zero attached hydrogens (tertiary/aromatic N) is 2. The molecule has 194 valence electrons. The van der Waals surface area contributed by atoms with E-state index in [1.165, 1.54) is 11.0 Å². The Balaban J connectivity index is 1.36. The number of esters is 1. The Morgan fingerprint density at radius 1 is 1.08 bits per heavy atom. The number of fused-ring (bicyclic) bond motifs is 1. The number of rotatable bonds is 6. The number of H-pyrrole nitrogens is 2. The highest BCUT2D eigenvalue weighted by molar-refractivity contribution is 6.05. The van der Waals surface area contributed by atoms with Crippen molar-refractivity contribution < 1.29 is 28.4 Å². The van der Waals surface area contributed by atoms with Crippen molar-refractivity contribution in [2.45, 2.75) is 19.1 Å². The first-order valence-corrected chi connectivity index (χ1v) is 11.5. The molecule has 2 atom stereocenters. The first kappa shape index (κ1) is 24.6. The van der Waals surface area contributed by atoms with Crippen LogP contribution in [0.15, 0.2) is 68.7 Å². The molecule has 1 aliphatic rings. The molecule has 13 nitrogen and oxygen atoms in total. The molecule has 4 aromatic rings. The van der Waals surface area contributed by atoms with Crippen molar-refractivity contribution in [3.05, 3.63) is 75.5 Å². The van der Waals surface area contributed by atoms with E-state index in [0.29, 0.717) is 27.8 Å². The van der Waals surface area contributed by atoms with Gasteiger partial charge in [-0.1, -0.05) is 5.16 Å². The van der Waals surface area contributed by atoms with Crippen LogP contribution < -0.4 is 21.5 Å². The molecule has 5 rings (SSSR count). The Bertz CT molecular complexity index is 1640. The second-order valence-corrected chi connectivity index (χ2v) is 8.42. The quantitative estimate of drug-likeness (QED) is 0.316. The zero-order valence-corrected chi connectivity index (χ0v) is 19.9. The monoisotopic (exact) mass is 519 g/mol. The Morgan fingerprint density at radius 3 is 2.58 bits per heavy atom. The third-order valence-corrected chi connectivity index (χ3v) is 5.83. The van der Waals surface area contributed by atoms with Crippen LogP contribution >= 0.6 is 0 Å². The fraction of sp³-hybridized carbons (Fsp3) is 0.200. The molecule has 0 bridgehead atoms. The molecular weight excluding hydrogens is 498 g/mol. The molecule has 0 spiro atoms.